The van der Waals surface area contributed by atoms with Gasteiger partial charge in [-0.05, 0) is 25.7 Å². The Hall–Kier alpha value is -1.76. The Balaban J connectivity index is 2.26. The monoisotopic (exact) mass is 285 g/mol. The zero-order valence-corrected chi connectivity index (χ0v) is 11.2. The molecule has 0 spiro atoms. The van der Waals surface area contributed by atoms with Crippen molar-refractivity contribution in [1.82, 2.24) is 0 Å². The van der Waals surface area contributed by atoms with Crippen molar-refractivity contribution in [3.8, 4) is 0 Å². The number of rotatable bonds is 3. The van der Waals surface area contributed by atoms with E-state index < -0.39 is 22.2 Å². The van der Waals surface area contributed by atoms with Crippen molar-refractivity contribution in [1.29, 1.82) is 0 Å². The molecule has 0 aliphatic heterocycles. The summed E-state index contributed by atoms with van der Waals surface area (Å²) in [4.78, 5) is 11.3. The van der Waals surface area contributed by atoms with E-state index in [0.29, 0.717) is 0 Å². The Morgan fingerprint density at radius 2 is 1.75 bits per heavy atom. The van der Waals surface area contributed by atoms with Crippen LogP contribution < -0.4 is 10.6 Å². The predicted molar refractivity (Wildman–Crippen MR) is 71.6 cm³/mol. The van der Waals surface area contributed by atoms with Gasteiger partial charge in [0, 0.05) is 19.1 Å². The number of nitro groups is 1. The van der Waals surface area contributed by atoms with Gasteiger partial charge in [0.1, 0.15) is 5.69 Å². The van der Waals surface area contributed by atoms with E-state index in [0.717, 1.165) is 37.8 Å². The van der Waals surface area contributed by atoms with Gasteiger partial charge in [-0.15, -0.1) is 0 Å². The van der Waals surface area contributed by atoms with Gasteiger partial charge in [-0.1, -0.05) is 0 Å². The number of nitro benzene ring substituents is 1. The standard InChI is InChI=1S/C13H17F2N3O2/c1-17(9-4-2-8(16)3-5-9)13-11(14)6-10(18(19)20)7-12(13)15/h6-9H,2-5,16H2,1H3. The highest BCUT2D eigenvalue weighted by atomic mass is 19.1. The number of nitrogens with zero attached hydrogens (tertiary/aromatic N) is 2. The maximum Gasteiger partial charge on any atom is 0.275 e. The summed E-state index contributed by atoms with van der Waals surface area (Å²) in [7, 11) is 1.61. The number of hydrogen-bond donors (Lipinski definition) is 1. The number of nitrogens with two attached hydrogens (primary N) is 1. The van der Waals surface area contributed by atoms with E-state index in [1.165, 1.54) is 4.90 Å². The number of hydrogen-bond acceptors (Lipinski definition) is 4. The van der Waals surface area contributed by atoms with Gasteiger partial charge < -0.3 is 10.6 Å². The predicted octanol–water partition coefficient (Wildman–Crippen LogP) is 2.58. The molecule has 20 heavy (non-hydrogen) atoms. The number of anilines is 1. The second-order valence-electron chi connectivity index (χ2n) is 5.19. The molecule has 5 nitrogen and oxygen atoms in total. The quantitative estimate of drug-likeness (QED) is 0.684. The summed E-state index contributed by atoms with van der Waals surface area (Å²) in [6.07, 6.45) is 3.14. The smallest absolute Gasteiger partial charge is 0.275 e. The maximum atomic E-state index is 13.9. The summed E-state index contributed by atoms with van der Waals surface area (Å²) in [6, 6.07) is 1.65. The third kappa shape index (κ3) is 2.87. The van der Waals surface area contributed by atoms with Crippen LogP contribution in [0.3, 0.4) is 0 Å². The molecule has 1 aromatic rings. The van der Waals surface area contributed by atoms with Gasteiger partial charge >= 0.3 is 0 Å². The van der Waals surface area contributed by atoms with Crippen LogP contribution >= 0.6 is 0 Å². The van der Waals surface area contributed by atoms with E-state index in [9.17, 15) is 18.9 Å². The lowest BCUT2D eigenvalue weighted by atomic mass is 9.90. The molecule has 1 aliphatic rings. The third-order valence-electron chi connectivity index (χ3n) is 3.85. The molecule has 0 heterocycles. The van der Waals surface area contributed by atoms with Crippen molar-refractivity contribution in [2.75, 3.05) is 11.9 Å². The van der Waals surface area contributed by atoms with E-state index >= 15 is 0 Å². The van der Waals surface area contributed by atoms with Crippen LogP contribution in [0.5, 0.6) is 0 Å². The van der Waals surface area contributed by atoms with Gasteiger partial charge in [-0.2, -0.15) is 0 Å². The lowest BCUT2D eigenvalue weighted by Gasteiger charge is -2.35. The summed E-state index contributed by atoms with van der Waals surface area (Å²) in [5.74, 6) is -1.82. The molecule has 0 unspecified atom stereocenters. The molecule has 1 saturated carbocycles. The summed E-state index contributed by atoms with van der Waals surface area (Å²) in [5, 5.41) is 10.6. The second-order valence-corrected chi connectivity index (χ2v) is 5.19. The number of non-ortho nitro benzene ring substituents is 1. The molecule has 110 valence electrons. The van der Waals surface area contributed by atoms with Crippen LogP contribution in [0.4, 0.5) is 20.2 Å². The molecule has 2 N–H and O–H groups in total. The molecule has 1 fully saturated rings. The summed E-state index contributed by atoms with van der Waals surface area (Å²) in [6.45, 7) is 0. The molecular weight excluding hydrogens is 268 g/mol. The van der Waals surface area contributed by atoms with Crippen molar-refractivity contribution < 1.29 is 13.7 Å². The first kappa shape index (κ1) is 14.6. The van der Waals surface area contributed by atoms with Gasteiger partial charge in [-0.3, -0.25) is 10.1 Å². The average molecular weight is 285 g/mol. The minimum Gasteiger partial charge on any atom is -0.367 e. The second kappa shape index (κ2) is 5.70. The SMILES string of the molecule is CN(c1c(F)cc([N+](=O)[O-])cc1F)C1CCC(N)CC1. The Labute approximate surface area is 115 Å². The van der Waals surface area contributed by atoms with Crippen LogP contribution in [0.2, 0.25) is 0 Å². The molecule has 1 aliphatic carbocycles. The molecule has 0 aromatic heterocycles. The van der Waals surface area contributed by atoms with Crippen molar-refractivity contribution >= 4 is 11.4 Å². The van der Waals surface area contributed by atoms with Crippen molar-refractivity contribution in [3.63, 3.8) is 0 Å². The normalized spacial score (nSPS) is 22.6. The van der Waals surface area contributed by atoms with E-state index in [2.05, 4.69) is 0 Å². The first-order chi connectivity index (χ1) is 9.40. The van der Waals surface area contributed by atoms with Gasteiger partial charge in [0.15, 0.2) is 11.6 Å². The minimum absolute atomic E-state index is 0.000237. The minimum atomic E-state index is -0.908. The molecule has 0 saturated heterocycles. The average Bonchev–Trinajstić information content (AvgIpc) is 2.38. The molecular formula is C13H17F2N3O2. The summed E-state index contributed by atoms with van der Waals surface area (Å²) < 4.78 is 27.9. The van der Waals surface area contributed by atoms with Gasteiger partial charge in [0.05, 0.1) is 17.1 Å². The van der Waals surface area contributed by atoms with Gasteiger partial charge in [-0.25, -0.2) is 8.78 Å². The highest BCUT2D eigenvalue weighted by molar-refractivity contribution is 5.54. The molecule has 0 atom stereocenters. The van der Waals surface area contributed by atoms with Crippen molar-refractivity contribution in [2.45, 2.75) is 37.8 Å². The molecule has 0 radical (unpaired) electrons. The summed E-state index contributed by atoms with van der Waals surface area (Å²) >= 11 is 0. The fourth-order valence-electron chi connectivity index (χ4n) is 2.67. The Morgan fingerprint density at radius 3 is 2.20 bits per heavy atom. The molecule has 2 rings (SSSR count). The van der Waals surface area contributed by atoms with Crippen LogP contribution in [0.25, 0.3) is 0 Å². The molecule has 0 bridgehead atoms. The lowest BCUT2D eigenvalue weighted by molar-refractivity contribution is -0.385. The van der Waals surface area contributed by atoms with E-state index in [1.807, 2.05) is 0 Å². The topological polar surface area (TPSA) is 72.4 Å². The van der Waals surface area contributed by atoms with E-state index in [4.69, 9.17) is 5.73 Å². The fraction of sp³-hybridized carbons (Fsp3) is 0.538. The molecule has 1 aromatic carbocycles. The van der Waals surface area contributed by atoms with Gasteiger partial charge in [0.25, 0.3) is 5.69 Å². The Kier molecular flexibility index (Phi) is 4.17. The van der Waals surface area contributed by atoms with Crippen LogP contribution in [0.15, 0.2) is 12.1 Å². The van der Waals surface area contributed by atoms with Gasteiger partial charge in [0.2, 0.25) is 0 Å². The first-order valence-corrected chi connectivity index (χ1v) is 6.52. The Morgan fingerprint density at radius 1 is 1.25 bits per heavy atom. The third-order valence-corrected chi connectivity index (χ3v) is 3.85. The number of benzene rings is 1. The van der Waals surface area contributed by atoms with Crippen molar-refractivity contribution in [2.24, 2.45) is 5.73 Å². The fourth-order valence-corrected chi connectivity index (χ4v) is 2.67. The Bertz CT molecular complexity index is 493. The maximum absolute atomic E-state index is 13.9. The zero-order valence-electron chi connectivity index (χ0n) is 11.2. The van der Waals surface area contributed by atoms with Crippen LogP contribution in [0, 0.1) is 21.7 Å². The van der Waals surface area contributed by atoms with Crippen LogP contribution in [-0.4, -0.2) is 24.1 Å². The number of halogens is 2. The van der Waals surface area contributed by atoms with Crippen molar-refractivity contribution in [3.05, 3.63) is 33.9 Å². The first-order valence-electron chi connectivity index (χ1n) is 6.52. The molecule has 7 heteroatoms. The largest absolute Gasteiger partial charge is 0.367 e. The highest BCUT2D eigenvalue weighted by Crippen LogP contribution is 2.32. The summed E-state index contributed by atoms with van der Waals surface area (Å²) in [5.41, 5.74) is 5.01. The van der Waals surface area contributed by atoms with E-state index in [1.54, 1.807) is 7.05 Å². The highest BCUT2D eigenvalue weighted by Gasteiger charge is 2.27. The van der Waals surface area contributed by atoms with Crippen LogP contribution in [0.1, 0.15) is 25.7 Å². The molecule has 0 amide bonds. The van der Waals surface area contributed by atoms with E-state index in [-0.39, 0.29) is 17.8 Å². The lowest BCUT2D eigenvalue weighted by Crippen LogP contribution is -2.39. The zero-order chi connectivity index (χ0) is 14.9. The van der Waals surface area contributed by atoms with Crippen LogP contribution in [-0.2, 0) is 0 Å².